The van der Waals surface area contributed by atoms with E-state index in [1.807, 2.05) is 42.5 Å². The number of carbonyl (C=O) groups is 1. The fourth-order valence-electron chi connectivity index (χ4n) is 4.17. The molecule has 0 aromatic heterocycles. The summed E-state index contributed by atoms with van der Waals surface area (Å²) in [6.07, 6.45) is 6.20. The third-order valence-electron chi connectivity index (χ3n) is 5.77. The van der Waals surface area contributed by atoms with Gasteiger partial charge >= 0.3 is 0 Å². The first-order valence-corrected chi connectivity index (χ1v) is 10.3. The molecule has 1 fully saturated rings. The number of benzene rings is 3. The maximum Gasteiger partial charge on any atom is 0.244 e. The Labute approximate surface area is 178 Å². The van der Waals surface area contributed by atoms with Crippen LogP contribution in [0, 0.1) is 19.8 Å². The molecule has 3 nitrogen and oxygen atoms in total. The van der Waals surface area contributed by atoms with E-state index >= 15 is 0 Å². The van der Waals surface area contributed by atoms with Crippen molar-refractivity contribution in [1.29, 1.82) is 0 Å². The predicted molar refractivity (Wildman–Crippen MR) is 123 cm³/mol. The van der Waals surface area contributed by atoms with Crippen molar-refractivity contribution >= 4 is 18.2 Å². The third kappa shape index (κ3) is 4.11. The highest BCUT2D eigenvalue weighted by Gasteiger charge is 2.60. The molecule has 0 saturated heterocycles. The minimum absolute atomic E-state index is 0.0395. The maximum atomic E-state index is 12.9. The molecule has 0 heterocycles. The molecule has 1 saturated carbocycles. The van der Waals surface area contributed by atoms with Crippen LogP contribution in [0.15, 0.2) is 90.0 Å². The zero-order valence-electron chi connectivity index (χ0n) is 17.4. The first kappa shape index (κ1) is 19.8. The Balaban J connectivity index is 1.51. The number of hydrazone groups is 1. The number of hydrogen-bond donors (Lipinski definition) is 1. The normalized spacial score (nSPS) is 17.3. The summed E-state index contributed by atoms with van der Waals surface area (Å²) < 4.78 is 0. The van der Waals surface area contributed by atoms with Gasteiger partial charge in [0.15, 0.2) is 0 Å². The summed E-state index contributed by atoms with van der Waals surface area (Å²) in [6, 6.07) is 27.0. The Hall–Kier alpha value is -3.46. The number of carbonyl (C=O) groups excluding carboxylic acids is 1. The van der Waals surface area contributed by atoms with E-state index in [0.717, 1.165) is 12.0 Å². The number of nitrogens with one attached hydrogen (secondary N) is 1. The molecule has 3 heteroatoms. The van der Waals surface area contributed by atoms with Crippen LogP contribution in [0.3, 0.4) is 0 Å². The number of hydrogen-bond acceptors (Lipinski definition) is 2. The fourth-order valence-corrected chi connectivity index (χ4v) is 4.17. The summed E-state index contributed by atoms with van der Waals surface area (Å²) in [7, 11) is 0. The second kappa shape index (κ2) is 8.50. The van der Waals surface area contributed by atoms with Gasteiger partial charge < -0.3 is 0 Å². The van der Waals surface area contributed by atoms with Gasteiger partial charge in [-0.2, -0.15) is 5.10 Å². The monoisotopic (exact) mass is 394 g/mol. The van der Waals surface area contributed by atoms with Crippen molar-refractivity contribution in [2.45, 2.75) is 25.7 Å². The minimum atomic E-state index is -0.280. The van der Waals surface area contributed by atoms with Crippen molar-refractivity contribution in [3.8, 4) is 0 Å². The Morgan fingerprint density at radius 1 is 0.933 bits per heavy atom. The SMILES string of the molecule is Cc1cccc(C2(c3cccc(C)c3)C[C@@H]2C(=O)N/N=C\C=C\c2ccccc2)c1. The number of amides is 1. The van der Waals surface area contributed by atoms with Crippen LogP contribution in [0.1, 0.15) is 34.2 Å². The van der Waals surface area contributed by atoms with Crippen LogP contribution < -0.4 is 5.43 Å². The average molecular weight is 395 g/mol. The molecular weight excluding hydrogens is 368 g/mol. The summed E-state index contributed by atoms with van der Waals surface area (Å²) in [5, 5.41) is 4.12. The van der Waals surface area contributed by atoms with E-state index < -0.39 is 0 Å². The van der Waals surface area contributed by atoms with Crippen molar-refractivity contribution in [3.63, 3.8) is 0 Å². The highest BCUT2D eigenvalue weighted by Crippen LogP contribution is 2.59. The zero-order chi connectivity index (χ0) is 21.0. The molecule has 0 unspecified atom stereocenters. The van der Waals surface area contributed by atoms with Crippen molar-refractivity contribution in [3.05, 3.63) is 113 Å². The largest absolute Gasteiger partial charge is 0.273 e. The lowest BCUT2D eigenvalue weighted by molar-refractivity contribution is -0.122. The van der Waals surface area contributed by atoms with Gasteiger partial charge in [0.05, 0.1) is 5.92 Å². The molecular formula is C27H26N2O. The summed E-state index contributed by atoms with van der Waals surface area (Å²) in [6.45, 7) is 4.18. The molecule has 0 radical (unpaired) electrons. The molecule has 30 heavy (non-hydrogen) atoms. The lowest BCUT2D eigenvalue weighted by Gasteiger charge is -2.19. The van der Waals surface area contributed by atoms with Crippen molar-refractivity contribution in [1.82, 2.24) is 5.43 Å². The summed E-state index contributed by atoms with van der Waals surface area (Å²) >= 11 is 0. The zero-order valence-corrected chi connectivity index (χ0v) is 17.4. The molecule has 1 aliphatic carbocycles. The van der Waals surface area contributed by atoms with Crippen LogP contribution in [-0.4, -0.2) is 12.1 Å². The Bertz CT molecular complexity index is 1050. The van der Waals surface area contributed by atoms with E-state index in [2.05, 4.69) is 72.9 Å². The van der Waals surface area contributed by atoms with Gasteiger partial charge in [-0.05, 0) is 43.0 Å². The summed E-state index contributed by atoms with van der Waals surface area (Å²) in [4.78, 5) is 12.9. The average Bonchev–Trinajstić information content (AvgIpc) is 3.51. The van der Waals surface area contributed by atoms with E-state index in [-0.39, 0.29) is 17.2 Å². The van der Waals surface area contributed by atoms with Crippen LogP contribution >= 0.6 is 0 Å². The second-order valence-corrected chi connectivity index (χ2v) is 7.99. The topological polar surface area (TPSA) is 41.5 Å². The quantitative estimate of drug-likeness (QED) is 0.440. The molecule has 150 valence electrons. The fraction of sp³-hybridized carbons (Fsp3) is 0.185. The van der Waals surface area contributed by atoms with E-state index in [1.54, 1.807) is 6.21 Å². The number of nitrogens with zero attached hydrogens (tertiary/aromatic N) is 1. The van der Waals surface area contributed by atoms with Crippen molar-refractivity contribution in [2.24, 2.45) is 11.0 Å². The Kier molecular flexibility index (Phi) is 5.62. The van der Waals surface area contributed by atoms with Gasteiger partial charge in [0.25, 0.3) is 0 Å². The molecule has 1 atom stereocenters. The Morgan fingerprint density at radius 2 is 1.57 bits per heavy atom. The van der Waals surface area contributed by atoms with Crippen LogP contribution in [0.4, 0.5) is 0 Å². The maximum absolute atomic E-state index is 12.9. The first-order chi connectivity index (χ1) is 14.6. The highest BCUT2D eigenvalue weighted by molar-refractivity contribution is 5.87. The molecule has 0 aliphatic heterocycles. The second-order valence-electron chi connectivity index (χ2n) is 7.99. The number of aryl methyl sites for hydroxylation is 2. The van der Waals surface area contributed by atoms with E-state index in [4.69, 9.17) is 0 Å². The summed E-state index contributed by atoms with van der Waals surface area (Å²) in [5.41, 5.74) is 8.34. The van der Waals surface area contributed by atoms with E-state index in [1.165, 1.54) is 22.3 Å². The van der Waals surface area contributed by atoms with Crippen LogP contribution in [-0.2, 0) is 10.2 Å². The van der Waals surface area contributed by atoms with Gasteiger partial charge in [-0.3, -0.25) is 4.79 Å². The van der Waals surface area contributed by atoms with Crippen LogP contribution in [0.5, 0.6) is 0 Å². The molecule has 0 bridgehead atoms. The molecule has 1 amide bonds. The van der Waals surface area contributed by atoms with Gasteiger partial charge in [-0.25, -0.2) is 5.43 Å². The number of rotatable bonds is 6. The van der Waals surface area contributed by atoms with Crippen LogP contribution in [0.2, 0.25) is 0 Å². The lowest BCUT2D eigenvalue weighted by Crippen LogP contribution is -2.25. The molecule has 1 N–H and O–H groups in total. The van der Waals surface area contributed by atoms with E-state index in [9.17, 15) is 4.79 Å². The van der Waals surface area contributed by atoms with Crippen molar-refractivity contribution in [2.75, 3.05) is 0 Å². The van der Waals surface area contributed by atoms with E-state index in [0.29, 0.717) is 0 Å². The van der Waals surface area contributed by atoms with Gasteiger partial charge in [0, 0.05) is 11.6 Å². The Morgan fingerprint density at radius 3 is 2.17 bits per heavy atom. The van der Waals surface area contributed by atoms with Gasteiger partial charge in [0.2, 0.25) is 5.91 Å². The van der Waals surface area contributed by atoms with Crippen LogP contribution in [0.25, 0.3) is 6.08 Å². The lowest BCUT2D eigenvalue weighted by atomic mass is 9.84. The summed E-state index contributed by atoms with van der Waals surface area (Å²) in [5.74, 6) is -0.168. The molecule has 1 aliphatic rings. The molecule has 0 spiro atoms. The molecule has 3 aromatic carbocycles. The number of allylic oxidation sites excluding steroid dienone is 1. The van der Waals surface area contributed by atoms with Gasteiger partial charge in [-0.1, -0.05) is 96.1 Å². The highest BCUT2D eigenvalue weighted by atomic mass is 16.2. The third-order valence-corrected chi connectivity index (χ3v) is 5.77. The van der Waals surface area contributed by atoms with Crippen molar-refractivity contribution < 1.29 is 4.79 Å². The minimum Gasteiger partial charge on any atom is -0.273 e. The predicted octanol–water partition coefficient (Wildman–Crippen LogP) is 5.42. The molecule has 4 rings (SSSR count). The first-order valence-electron chi connectivity index (χ1n) is 10.3. The van der Waals surface area contributed by atoms with Gasteiger partial charge in [-0.15, -0.1) is 0 Å². The smallest absolute Gasteiger partial charge is 0.244 e. The van der Waals surface area contributed by atoms with Gasteiger partial charge in [0.1, 0.15) is 0 Å². The molecule has 3 aromatic rings. The standard InChI is InChI=1S/C27H26N2O/c1-20-9-6-14-23(17-20)27(24-15-7-10-21(2)18-24)19-25(27)26(30)29-28-16-8-13-22-11-4-3-5-12-22/h3-18,25H,19H2,1-2H3,(H,29,30)/b13-8+,28-16-/t25-/m1/s1.